The van der Waals surface area contributed by atoms with Crippen LogP contribution in [0.2, 0.25) is 0 Å². The smallest absolute Gasteiger partial charge is 0.243 e. The van der Waals surface area contributed by atoms with Gasteiger partial charge in [0, 0.05) is 19.0 Å². The van der Waals surface area contributed by atoms with E-state index >= 15 is 0 Å². The molecule has 0 saturated heterocycles. The Kier molecular flexibility index (Phi) is 5.62. The first-order valence-electron chi connectivity index (χ1n) is 8.93. The number of amides is 1. The number of sulfonamides is 1. The van der Waals surface area contributed by atoms with E-state index in [-0.39, 0.29) is 29.8 Å². The summed E-state index contributed by atoms with van der Waals surface area (Å²) in [6.45, 7) is 4.00. The Morgan fingerprint density at radius 1 is 1.19 bits per heavy atom. The summed E-state index contributed by atoms with van der Waals surface area (Å²) < 4.78 is 41.0. The van der Waals surface area contributed by atoms with Gasteiger partial charge in [-0.05, 0) is 55.7 Å². The molecule has 0 unspecified atom stereocenters. The van der Waals surface area contributed by atoms with Crippen molar-refractivity contribution in [3.63, 3.8) is 0 Å². The zero-order valence-electron chi connectivity index (χ0n) is 15.4. The van der Waals surface area contributed by atoms with Crippen LogP contribution < -0.4 is 5.32 Å². The SMILES string of the molecule is CC(C)NC(=O)C[C@@H]1c2ccccc2CCN1S(=O)(=O)c1ccc(F)cc1. The second-order valence-corrected chi connectivity index (χ2v) is 8.85. The van der Waals surface area contributed by atoms with E-state index in [9.17, 15) is 17.6 Å². The lowest BCUT2D eigenvalue weighted by Crippen LogP contribution is -2.43. The lowest BCUT2D eigenvalue weighted by molar-refractivity contribution is -0.122. The van der Waals surface area contributed by atoms with E-state index in [0.717, 1.165) is 23.3 Å². The predicted octanol–water partition coefficient (Wildman–Crippen LogP) is 3.03. The summed E-state index contributed by atoms with van der Waals surface area (Å²) in [7, 11) is -3.86. The van der Waals surface area contributed by atoms with Crippen LogP contribution in [0.5, 0.6) is 0 Å². The molecule has 0 saturated carbocycles. The number of carbonyl (C=O) groups is 1. The van der Waals surface area contributed by atoms with Crippen molar-refractivity contribution in [2.24, 2.45) is 0 Å². The Morgan fingerprint density at radius 3 is 2.52 bits per heavy atom. The fourth-order valence-electron chi connectivity index (χ4n) is 3.43. The van der Waals surface area contributed by atoms with Gasteiger partial charge in [-0.15, -0.1) is 0 Å². The van der Waals surface area contributed by atoms with Crippen LogP contribution in [0.15, 0.2) is 53.4 Å². The fraction of sp³-hybridized carbons (Fsp3) is 0.350. The lowest BCUT2D eigenvalue weighted by Gasteiger charge is -2.36. The third kappa shape index (κ3) is 4.20. The highest BCUT2D eigenvalue weighted by Crippen LogP contribution is 2.36. The monoisotopic (exact) mass is 390 g/mol. The van der Waals surface area contributed by atoms with Crippen LogP contribution in [-0.2, 0) is 21.2 Å². The molecule has 0 fully saturated rings. The quantitative estimate of drug-likeness (QED) is 0.853. The van der Waals surface area contributed by atoms with E-state index < -0.39 is 21.9 Å². The highest BCUT2D eigenvalue weighted by molar-refractivity contribution is 7.89. The largest absolute Gasteiger partial charge is 0.354 e. The second kappa shape index (κ2) is 7.78. The maximum absolute atomic E-state index is 13.2. The van der Waals surface area contributed by atoms with Gasteiger partial charge < -0.3 is 5.32 Å². The van der Waals surface area contributed by atoms with Crippen molar-refractivity contribution in [3.8, 4) is 0 Å². The highest BCUT2D eigenvalue weighted by Gasteiger charge is 2.37. The van der Waals surface area contributed by atoms with E-state index in [1.165, 1.54) is 16.4 Å². The van der Waals surface area contributed by atoms with Crippen LogP contribution in [0, 0.1) is 5.82 Å². The molecule has 1 atom stereocenters. The van der Waals surface area contributed by atoms with Gasteiger partial charge in [-0.3, -0.25) is 4.79 Å². The minimum atomic E-state index is -3.86. The van der Waals surface area contributed by atoms with Crippen molar-refractivity contribution >= 4 is 15.9 Å². The summed E-state index contributed by atoms with van der Waals surface area (Å²) in [5.74, 6) is -0.697. The summed E-state index contributed by atoms with van der Waals surface area (Å²) in [5.41, 5.74) is 1.89. The number of fused-ring (bicyclic) bond motifs is 1. The van der Waals surface area contributed by atoms with Gasteiger partial charge in [-0.25, -0.2) is 12.8 Å². The van der Waals surface area contributed by atoms with Gasteiger partial charge in [0.05, 0.1) is 10.9 Å². The van der Waals surface area contributed by atoms with Crippen LogP contribution in [0.3, 0.4) is 0 Å². The number of carbonyl (C=O) groups excluding carboxylic acids is 1. The van der Waals surface area contributed by atoms with Crippen molar-refractivity contribution in [1.82, 2.24) is 9.62 Å². The Bertz CT molecular complexity index is 926. The predicted molar refractivity (Wildman–Crippen MR) is 101 cm³/mol. The van der Waals surface area contributed by atoms with Crippen LogP contribution >= 0.6 is 0 Å². The molecule has 1 heterocycles. The zero-order valence-corrected chi connectivity index (χ0v) is 16.2. The molecule has 27 heavy (non-hydrogen) atoms. The third-order valence-corrected chi connectivity index (χ3v) is 6.53. The Hall–Kier alpha value is -2.25. The van der Waals surface area contributed by atoms with Crippen LogP contribution in [0.4, 0.5) is 4.39 Å². The minimum Gasteiger partial charge on any atom is -0.354 e. The standard InChI is InChI=1S/C20H23FN2O3S/c1-14(2)22-20(24)13-19-18-6-4-3-5-15(18)11-12-23(19)27(25,26)17-9-7-16(21)8-10-17/h3-10,14,19H,11-13H2,1-2H3,(H,22,24)/t19-/m1/s1. The zero-order chi connectivity index (χ0) is 19.6. The van der Waals surface area contributed by atoms with Gasteiger partial charge in [0.1, 0.15) is 5.82 Å². The van der Waals surface area contributed by atoms with Crippen molar-refractivity contribution < 1.29 is 17.6 Å². The maximum Gasteiger partial charge on any atom is 0.243 e. The summed E-state index contributed by atoms with van der Waals surface area (Å²) in [4.78, 5) is 12.4. The first-order chi connectivity index (χ1) is 12.8. The molecule has 0 spiro atoms. The molecule has 144 valence electrons. The average Bonchev–Trinajstić information content (AvgIpc) is 2.61. The van der Waals surface area contributed by atoms with Gasteiger partial charge in [-0.2, -0.15) is 4.31 Å². The molecule has 2 aromatic rings. The first kappa shape index (κ1) is 19.5. The third-order valence-electron chi connectivity index (χ3n) is 4.61. The van der Waals surface area contributed by atoms with Crippen molar-refractivity contribution in [2.75, 3.05) is 6.54 Å². The van der Waals surface area contributed by atoms with Crippen molar-refractivity contribution in [3.05, 3.63) is 65.5 Å². The fourth-order valence-corrected chi connectivity index (χ4v) is 5.03. The summed E-state index contributed by atoms with van der Waals surface area (Å²) >= 11 is 0. The van der Waals surface area contributed by atoms with Crippen molar-refractivity contribution in [1.29, 1.82) is 0 Å². The van der Waals surface area contributed by atoms with Crippen LogP contribution in [0.1, 0.15) is 37.4 Å². The van der Waals surface area contributed by atoms with Gasteiger partial charge >= 0.3 is 0 Å². The molecule has 0 radical (unpaired) electrons. The molecule has 1 aliphatic rings. The number of rotatable bonds is 5. The summed E-state index contributed by atoms with van der Waals surface area (Å²) in [6.07, 6.45) is 0.606. The average molecular weight is 390 g/mol. The molecular weight excluding hydrogens is 367 g/mol. The lowest BCUT2D eigenvalue weighted by atomic mass is 9.92. The van der Waals surface area contributed by atoms with E-state index in [1.807, 2.05) is 38.1 Å². The summed E-state index contributed by atoms with van der Waals surface area (Å²) in [5, 5.41) is 2.83. The van der Waals surface area contributed by atoms with Gasteiger partial charge in [-0.1, -0.05) is 24.3 Å². The van der Waals surface area contributed by atoms with E-state index in [2.05, 4.69) is 5.32 Å². The topological polar surface area (TPSA) is 66.5 Å². The molecule has 1 amide bonds. The summed E-state index contributed by atoms with van der Waals surface area (Å²) in [6, 6.07) is 11.7. The van der Waals surface area contributed by atoms with Gasteiger partial charge in [0.25, 0.3) is 0 Å². The second-order valence-electron chi connectivity index (χ2n) is 6.96. The maximum atomic E-state index is 13.2. The number of nitrogens with one attached hydrogen (secondary N) is 1. The molecule has 2 aromatic carbocycles. The molecule has 1 N–H and O–H groups in total. The van der Waals surface area contributed by atoms with Crippen LogP contribution in [0.25, 0.3) is 0 Å². The Balaban J connectivity index is 1.99. The number of hydrogen-bond acceptors (Lipinski definition) is 3. The van der Waals surface area contributed by atoms with Crippen molar-refractivity contribution in [2.45, 2.75) is 43.7 Å². The molecule has 5 nitrogen and oxygen atoms in total. The molecule has 3 rings (SSSR count). The Labute approximate surface area is 159 Å². The molecule has 7 heteroatoms. The number of benzene rings is 2. The molecular formula is C20H23FN2O3S. The van der Waals surface area contributed by atoms with Crippen LogP contribution in [-0.4, -0.2) is 31.2 Å². The number of nitrogens with zero attached hydrogens (tertiary/aromatic N) is 1. The van der Waals surface area contributed by atoms with E-state index in [4.69, 9.17) is 0 Å². The number of hydrogen-bond donors (Lipinski definition) is 1. The molecule has 0 bridgehead atoms. The molecule has 0 aliphatic carbocycles. The molecule has 1 aliphatic heterocycles. The first-order valence-corrected chi connectivity index (χ1v) is 10.4. The normalized spacial score (nSPS) is 17.6. The minimum absolute atomic E-state index is 0.0255. The van der Waals surface area contributed by atoms with Gasteiger partial charge in [0.15, 0.2) is 0 Å². The molecule has 0 aromatic heterocycles. The van der Waals surface area contributed by atoms with Gasteiger partial charge in [0.2, 0.25) is 15.9 Å². The number of halogens is 1. The Morgan fingerprint density at radius 2 is 1.85 bits per heavy atom. The van der Waals surface area contributed by atoms with E-state index in [1.54, 1.807) is 0 Å². The van der Waals surface area contributed by atoms with E-state index in [0.29, 0.717) is 6.42 Å². The highest BCUT2D eigenvalue weighted by atomic mass is 32.2.